The largest absolute Gasteiger partial charge is 0.469 e. The Balaban J connectivity index is 2.79. The SMILES string of the molecule is COC(=O)C(C)CN(C)C(=O)c1ccc(C)cc1F. The highest BCUT2D eigenvalue weighted by molar-refractivity contribution is 5.94. The monoisotopic (exact) mass is 267 g/mol. The summed E-state index contributed by atoms with van der Waals surface area (Å²) in [6, 6.07) is 4.44. The van der Waals surface area contributed by atoms with Gasteiger partial charge < -0.3 is 9.64 Å². The number of methoxy groups -OCH3 is 1. The number of benzene rings is 1. The van der Waals surface area contributed by atoms with Crippen LogP contribution in [-0.4, -0.2) is 37.5 Å². The van der Waals surface area contributed by atoms with Crippen molar-refractivity contribution in [1.82, 2.24) is 4.90 Å². The molecule has 0 aliphatic rings. The third-order valence-electron chi connectivity index (χ3n) is 2.85. The molecule has 0 N–H and O–H groups in total. The van der Waals surface area contributed by atoms with Crippen molar-refractivity contribution in [3.63, 3.8) is 0 Å². The molecular weight excluding hydrogens is 249 g/mol. The first-order valence-corrected chi connectivity index (χ1v) is 5.96. The second-order valence-electron chi connectivity index (χ2n) is 4.59. The average molecular weight is 267 g/mol. The van der Waals surface area contributed by atoms with Crippen LogP contribution in [0.3, 0.4) is 0 Å². The molecule has 1 atom stereocenters. The summed E-state index contributed by atoms with van der Waals surface area (Å²) in [4.78, 5) is 24.7. The molecular formula is C14H18FNO3. The normalized spacial score (nSPS) is 11.8. The molecule has 0 aliphatic carbocycles. The second kappa shape index (κ2) is 6.31. The Morgan fingerprint density at radius 2 is 2.05 bits per heavy atom. The quantitative estimate of drug-likeness (QED) is 0.784. The van der Waals surface area contributed by atoms with Crippen molar-refractivity contribution in [3.05, 3.63) is 35.1 Å². The maximum Gasteiger partial charge on any atom is 0.310 e. The summed E-state index contributed by atoms with van der Waals surface area (Å²) in [5.41, 5.74) is 0.754. The Kier molecular flexibility index (Phi) is 5.03. The van der Waals surface area contributed by atoms with Gasteiger partial charge in [0.15, 0.2) is 0 Å². The Morgan fingerprint density at radius 3 is 2.58 bits per heavy atom. The minimum absolute atomic E-state index is 0.00478. The summed E-state index contributed by atoms with van der Waals surface area (Å²) in [6.07, 6.45) is 0. The van der Waals surface area contributed by atoms with Gasteiger partial charge in [-0.3, -0.25) is 9.59 Å². The van der Waals surface area contributed by atoms with Gasteiger partial charge in [0, 0.05) is 13.6 Å². The number of hydrogen-bond acceptors (Lipinski definition) is 3. The van der Waals surface area contributed by atoms with E-state index in [9.17, 15) is 14.0 Å². The van der Waals surface area contributed by atoms with Crippen LogP contribution in [0.2, 0.25) is 0 Å². The minimum atomic E-state index is -0.553. The number of ether oxygens (including phenoxy) is 1. The summed E-state index contributed by atoms with van der Waals surface area (Å²) in [5.74, 6) is -1.85. The zero-order valence-electron chi connectivity index (χ0n) is 11.6. The molecule has 0 saturated heterocycles. The fourth-order valence-corrected chi connectivity index (χ4v) is 1.77. The smallest absolute Gasteiger partial charge is 0.310 e. The molecule has 0 radical (unpaired) electrons. The van der Waals surface area contributed by atoms with E-state index in [0.717, 1.165) is 5.56 Å². The molecule has 1 aromatic rings. The van der Waals surface area contributed by atoms with Crippen molar-refractivity contribution < 1.29 is 18.7 Å². The minimum Gasteiger partial charge on any atom is -0.469 e. The van der Waals surface area contributed by atoms with Crippen molar-refractivity contribution >= 4 is 11.9 Å². The van der Waals surface area contributed by atoms with Crippen molar-refractivity contribution in [2.24, 2.45) is 5.92 Å². The van der Waals surface area contributed by atoms with Crippen molar-refractivity contribution in [1.29, 1.82) is 0 Å². The third kappa shape index (κ3) is 3.77. The van der Waals surface area contributed by atoms with E-state index in [0.29, 0.717) is 0 Å². The Hall–Kier alpha value is -1.91. The van der Waals surface area contributed by atoms with Gasteiger partial charge in [-0.25, -0.2) is 4.39 Å². The predicted octanol–water partition coefficient (Wildman–Crippen LogP) is 2.02. The van der Waals surface area contributed by atoms with Crippen LogP contribution in [0.15, 0.2) is 18.2 Å². The molecule has 5 heteroatoms. The molecule has 0 spiro atoms. The molecule has 1 rings (SSSR count). The predicted molar refractivity (Wildman–Crippen MR) is 69.3 cm³/mol. The fourth-order valence-electron chi connectivity index (χ4n) is 1.77. The maximum atomic E-state index is 13.7. The summed E-state index contributed by atoms with van der Waals surface area (Å²) in [6.45, 7) is 3.58. The van der Waals surface area contributed by atoms with Gasteiger partial charge >= 0.3 is 5.97 Å². The number of rotatable bonds is 4. The van der Waals surface area contributed by atoms with Gasteiger partial charge in [0.1, 0.15) is 5.82 Å². The molecule has 1 amide bonds. The number of esters is 1. The lowest BCUT2D eigenvalue weighted by Crippen LogP contribution is -2.34. The zero-order valence-corrected chi connectivity index (χ0v) is 11.6. The first kappa shape index (κ1) is 15.1. The van der Waals surface area contributed by atoms with E-state index in [4.69, 9.17) is 0 Å². The lowest BCUT2D eigenvalue weighted by Gasteiger charge is -2.20. The van der Waals surface area contributed by atoms with Gasteiger partial charge in [0.25, 0.3) is 5.91 Å². The van der Waals surface area contributed by atoms with Crippen LogP contribution in [0.25, 0.3) is 0 Å². The average Bonchev–Trinajstić information content (AvgIpc) is 2.36. The lowest BCUT2D eigenvalue weighted by atomic mass is 10.1. The van der Waals surface area contributed by atoms with Crippen LogP contribution in [0, 0.1) is 18.7 Å². The molecule has 19 heavy (non-hydrogen) atoms. The summed E-state index contributed by atoms with van der Waals surface area (Å²) in [7, 11) is 2.82. The molecule has 0 bridgehead atoms. The number of carbonyl (C=O) groups excluding carboxylic acids is 2. The number of aryl methyl sites for hydroxylation is 1. The highest BCUT2D eigenvalue weighted by Crippen LogP contribution is 2.13. The number of hydrogen-bond donors (Lipinski definition) is 0. The zero-order chi connectivity index (χ0) is 14.6. The third-order valence-corrected chi connectivity index (χ3v) is 2.85. The molecule has 0 aliphatic heterocycles. The van der Waals surface area contributed by atoms with Crippen molar-refractivity contribution in [2.75, 3.05) is 20.7 Å². The first-order chi connectivity index (χ1) is 8.86. The van der Waals surface area contributed by atoms with Crippen LogP contribution in [0.4, 0.5) is 4.39 Å². The first-order valence-electron chi connectivity index (χ1n) is 5.96. The molecule has 0 heterocycles. The summed E-state index contributed by atoms with van der Waals surface area (Å²) in [5, 5.41) is 0. The summed E-state index contributed by atoms with van der Waals surface area (Å²) >= 11 is 0. The van der Waals surface area contributed by atoms with Gasteiger partial charge in [-0.15, -0.1) is 0 Å². The number of carbonyl (C=O) groups is 2. The van der Waals surface area contributed by atoms with E-state index in [-0.39, 0.29) is 12.1 Å². The van der Waals surface area contributed by atoms with Gasteiger partial charge in [-0.2, -0.15) is 0 Å². The van der Waals surface area contributed by atoms with Crippen LogP contribution < -0.4 is 0 Å². The number of halogens is 1. The van der Waals surface area contributed by atoms with Crippen LogP contribution in [0.5, 0.6) is 0 Å². The van der Waals surface area contributed by atoms with Gasteiger partial charge in [-0.1, -0.05) is 13.0 Å². The van der Waals surface area contributed by atoms with E-state index < -0.39 is 23.6 Å². The Labute approximate surface area is 112 Å². The molecule has 0 saturated carbocycles. The fraction of sp³-hybridized carbons (Fsp3) is 0.429. The van der Waals surface area contributed by atoms with Crippen molar-refractivity contribution in [3.8, 4) is 0 Å². The highest BCUT2D eigenvalue weighted by Gasteiger charge is 2.21. The van der Waals surface area contributed by atoms with Gasteiger partial charge in [0.05, 0.1) is 18.6 Å². The van der Waals surface area contributed by atoms with Gasteiger partial charge in [0.2, 0.25) is 0 Å². The standard InChI is InChI=1S/C14H18FNO3/c1-9-5-6-11(12(15)7-9)13(17)16(3)8-10(2)14(18)19-4/h5-7,10H,8H2,1-4H3. The van der Waals surface area contributed by atoms with Crippen LogP contribution in [-0.2, 0) is 9.53 Å². The molecule has 0 fully saturated rings. The molecule has 1 aromatic carbocycles. The summed E-state index contributed by atoms with van der Waals surface area (Å²) < 4.78 is 18.3. The van der Waals surface area contributed by atoms with E-state index in [1.54, 1.807) is 19.9 Å². The molecule has 1 unspecified atom stereocenters. The maximum absolute atomic E-state index is 13.7. The van der Waals surface area contributed by atoms with E-state index >= 15 is 0 Å². The topological polar surface area (TPSA) is 46.6 Å². The Morgan fingerprint density at radius 1 is 1.42 bits per heavy atom. The molecule has 0 aromatic heterocycles. The second-order valence-corrected chi connectivity index (χ2v) is 4.59. The van der Waals surface area contributed by atoms with E-state index in [1.165, 1.54) is 31.2 Å². The van der Waals surface area contributed by atoms with E-state index in [1.807, 2.05) is 0 Å². The van der Waals surface area contributed by atoms with Crippen LogP contribution in [0.1, 0.15) is 22.8 Å². The van der Waals surface area contributed by atoms with Crippen LogP contribution >= 0.6 is 0 Å². The molecule has 104 valence electrons. The Bertz CT molecular complexity index is 488. The van der Waals surface area contributed by atoms with E-state index in [2.05, 4.69) is 4.74 Å². The number of amides is 1. The van der Waals surface area contributed by atoms with Crippen molar-refractivity contribution in [2.45, 2.75) is 13.8 Å². The highest BCUT2D eigenvalue weighted by atomic mass is 19.1. The molecule has 4 nitrogen and oxygen atoms in total. The van der Waals surface area contributed by atoms with Gasteiger partial charge in [-0.05, 0) is 24.6 Å². The number of nitrogens with zero attached hydrogens (tertiary/aromatic N) is 1. The lowest BCUT2D eigenvalue weighted by molar-refractivity contribution is -0.145.